The van der Waals surface area contributed by atoms with Crippen LogP contribution in [0.25, 0.3) is 0 Å². The monoisotopic (exact) mass is 315 g/mol. The van der Waals surface area contributed by atoms with Gasteiger partial charge < -0.3 is 10.2 Å². The van der Waals surface area contributed by atoms with Gasteiger partial charge in [0.15, 0.2) is 0 Å². The van der Waals surface area contributed by atoms with Crippen molar-refractivity contribution in [2.75, 3.05) is 19.4 Å². The number of carbonyl (C=O) groups is 1. The maximum atomic E-state index is 12.5. The molecule has 22 heavy (non-hydrogen) atoms. The molecular weight excluding hydrogens is 292 g/mol. The van der Waals surface area contributed by atoms with Crippen LogP contribution in [0.15, 0.2) is 30.3 Å². The second-order valence-corrected chi connectivity index (χ2v) is 7.33. The molecule has 116 valence electrons. The fourth-order valence-electron chi connectivity index (χ4n) is 3.04. The van der Waals surface area contributed by atoms with Gasteiger partial charge in [-0.1, -0.05) is 18.2 Å². The van der Waals surface area contributed by atoms with Gasteiger partial charge >= 0.3 is 0 Å². The molecule has 0 saturated carbocycles. The number of fused-ring (bicyclic) bond motifs is 1. The Morgan fingerprint density at radius 3 is 2.64 bits per heavy atom. The van der Waals surface area contributed by atoms with Gasteiger partial charge in [0.2, 0.25) is 0 Å². The Morgan fingerprint density at radius 2 is 1.91 bits per heavy atom. The van der Waals surface area contributed by atoms with E-state index in [1.165, 1.54) is 33.7 Å². The highest BCUT2D eigenvalue weighted by Crippen LogP contribution is 2.38. The molecule has 0 bridgehead atoms. The van der Waals surface area contributed by atoms with E-state index in [0.717, 1.165) is 30.0 Å². The van der Waals surface area contributed by atoms with Crippen molar-refractivity contribution < 1.29 is 9.69 Å². The van der Waals surface area contributed by atoms with Crippen molar-refractivity contribution >= 4 is 22.2 Å². The van der Waals surface area contributed by atoms with Gasteiger partial charge in [0.25, 0.3) is 5.91 Å². The van der Waals surface area contributed by atoms with Crippen LogP contribution >= 0.6 is 11.3 Å². The van der Waals surface area contributed by atoms with Gasteiger partial charge in [-0.3, -0.25) is 4.79 Å². The number of anilines is 1. The topological polar surface area (TPSA) is 33.5 Å². The number of rotatable bonds is 4. The molecule has 1 heterocycles. The number of hydrogen-bond acceptors (Lipinski definition) is 2. The molecule has 0 aliphatic heterocycles. The molecule has 3 rings (SSSR count). The summed E-state index contributed by atoms with van der Waals surface area (Å²) in [6, 6.07) is 9.46. The number of carbonyl (C=O) groups excluding carboxylic acids is 1. The molecule has 1 aliphatic carbocycles. The first-order valence-electron chi connectivity index (χ1n) is 7.94. The van der Waals surface area contributed by atoms with Crippen LogP contribution in [0.5, 0.6) is 0 Å². The Hall–Kier alpha value is -1.65. The number of thiophene rings is 1. The number of nitrogens with one attached hydrogen (secondary N) is 2. The summed E-state index contributed by atoms with van der Waals surface area (Å²) < 4.78 is 0. The van der Waals surface area contributed by atoms with Crippen molar-refractivity contribution in [3.8, 4) is 0 Å². The lowest BCUT2D eigenvalue weighted by molar-refractivity contribution is -0.872. The zero-order chi connectivity index (χ0) is 15.5. The van der Waals surface area contributed by atoms with Gasteiger partial charge in [-0.2, -0.15) is 0 Å². The van der Waals surface area contributed by atoms with E-state index < -0.39 is 0 Å². The van der Waals surface area contributed by atoms with Crippen LogP contribution in [-0.4, -0.2) is 20.0 Å². The first-order valence-corrected chi connectivity index (χ1v) is 8.75. The molecule has 1 amide bonds. The van der Waals surface area contributed by atoms with E-state index in [4.69, 9.17) is 0 Å². The molecule has 0 saturated heterocycles. The number of hydrogen-bond donors (Lipinski definition) is 2. The van der Waals surface area contributed by atoms with Crippen LogP contribution in [-0.2, 0) is 19.4 Å². The van der Waals surface area contributed by atoms with Gasteiger partial charge in [0.05, 0.1) is 14.1 Å². The zero-order valence-electron chi connectivity index (χ0n) is 13.2. The third-order valence-electron chi connectivity index (χ3n) is 4.07. The second-order valence-electron chi connectivity index (χ2n) is 6.22. The van der Waals surface area contributed by atoms with Gasteiger partial charge in [0.1, 0.15) is 11.5 Å². The lowest BCUT2D eigenvalue weighted by Gasteiger charge is -2.14. The van der Waals surface area contributed by atoms with Crippen LogP contribution in [0.4, 0.5) is 5.00 Å². The SMILES string of the molecule is C[NH+](C)Cc1c(NC(=O)c2ccccc2)sc2c1CCCC2. The highest BCUT2D eigenvalue weighted by atomic mass is 32.1. The van der Waals surface area contributed by atoms with Crippen molar-refractivity contribution in [3.63, 3.8) is 0 Å². The van der Waals surface area contributed by atoms with Crippen LogP contribution < -0.4 is 10.2 Å². The highest BCUT2D eigenvalue weighted by Gasteiger charge is 2.23. The first kappa shape index (κ1) is 15.3. The van der Waals surface area contributed by atoms with Crippen LogP contribution in [0.3, 0.4) is 0 Å². The molecule has 1 aromatic carbocycles. The van der Waals surface area contributed by atoms with E-state index in [2.05, 4.69) is 19.4 Å². The van der Waals surface area contributed by atoms with E-state index in [-0.39, 0.29) is 5.91 Å². The predicted molar refractivity (Wildman–Crippen MR) is 91.9 cm³/mol. The Bertz CT molecular complexity index is 661. The summed E-state index contributed by atoms with van der Waals surface area (Å²) in [5.41, 5.74) is 3.57. The lowest BCUT2D eigenvalue weighted by Crippen LogP contribution is -3.04. The highest BCUT2D eigenvalue weighted by molar-refractivity contribution is 7.16. The largest absolute Gasteiger partial charge is 0.336 e. The maximum Gasteiger partial charge on any atom is 0.256 e. The fraction of sp³-hybridized carbons (Fsp3) is 0.389. The molecule has 1 aromatic heterocycles. The molecule has 2 aromatic rings. The van der Waals surface area contributed by atoms with Gasteiger partial charge in [0, 0.05) is 16.0 Å². The van der Waals surface area contributed by atoms with Crippen molar-refractivity contribution in [1.82, 2.24) is 0 Å². The van der Waals surface area contributed by atoms with Gasteiger partial charge in [-0.05, 0) is 43.4 Å². The second kappa shape index (κ2) is 6.63. The minimum Gasteiger partial charge on any atom is -0.336 e. The number of benzene rings is 1. The van der Waals surface area contributed by atoms with E-state index in [9.17, 15) is 4.79 Å². The molecule has 0 spiro atoms. The van der Waals surface area contributed by atoms with Crippen LogP contribution in [0.1, 0.15) is 39.2 Å². The Morgan fingerprint density at radius 1 is 1.18 bits per heavy atom. The van der Waals surface area contributed by atoms with Gasteiger partial charge in [-0.15, -0.1) is 11.3 Å². The zero-order valence-corrected chi connectivity index (χ0v) is 14.1. The first-order chi connectivity index (χ1) is 10.6. The molecule has 3 nitrogen and oxygen atoms in total. The molecule has 0 radical (unpaired) electrons. The molecule has 2 N–H and O–H groups in total. The predicted octanol–water partition coefficient (Wildman–Crippen LogP) is 2.52. The standard InChI is InChI=1S/C18H22N2OS/c1-20(2)12-15-14-10-6-7-11-16(14)22-18(15)19-17(21)13-8-4-3-5-9-13/h3-5,8-9H,6-7,10-12H2,1-2H3,(H,19,21)/p+1. The number of aryl methyl sites for hydroxylation is 1. The number of amides is 1. The summed E-state index contributed by atoms with van der Waals surface area (Å²) in [4.78, 5) is 15.3. The van der Waals surface area contributed by atoms with Crippen molar-refractivity contribution in [2.45, 2.75) is 32.2 Å². The smallest absolute Gasteiger partial charge is 0.256 e. The van der Waals surface area contributed by atoms with Crippen LogP contribution in [0, 0.1) is 0 Å². The minimum absolute atomic E-state index is 0.00537. The lowest BCUT2D eigenvalue weighted by atomic mass is 9.95. The Labute approximate surface area is 136 Å². The molecule has 0 unspecified atom stereocenters. The third kappa shape index (κ3) is 3.23. The molecular formula is C18H23N2OS+. The number of quaternary nitrogens is 1. The average Bonchev–Trinajstić information content (AvgIpc) is 2.85. The minimum atomic E-state index is -0.00537. The van der Waals surface area contributed by atoms with Crippen molar-refractivity contribution in [3.05, 3.63) is 51.9 Å². The van der Waals surface area contributed by atoms with Gasteiger partial charge in [-0.25, -0.2) is 0 Å². The summed E-state index contributed by atoms with van der Waals surface area (Å²) in [5, 5.41) is 4.21. The Balaban J connectivity index is 1.89. The Kier molecular flexibility index (Phi) is 4.60. The average molecular weight is 315 g/mol. The molecule has 0 fully saturated rings. The van der Waals surface area contributed by atoms with E-state index in [1.807, 2.05) is 30.3 Å². The normalized spacial score (nSPS) is 14.0. The summed E-state index contributed by atoms with van der Waals surface area (Å²) >= 11 is 1.78. The summed E-state index contributed by atoms with van der Waals surface area (Å²) in [6.07, 6.45) is 4.87. The maximum absolute atomic E-state index is 12.5. The van der Waals surface area contributed by atoms with E-state index in [1.54, 1.807) is 11.3 Å². The molecule has 0 atom stereocenters. The molecule has 1 aliphatic rings. The fourth-order valence-corrected chi connectivity index (χ4v) is 4.34. The van der Waals surface area contributed by atoms with Crippen molar-refractivity contribution in [2.24, 2.45) is 0 Å². The van der Waals surface area contributed by atoms with Crippen molar-refractivity contribution in [1.29, 1.82) is 0 Å². The third-order valence-corrected chi connectivity index (χ3v) is 5.32. The summed E-state index contributed by atoms with van der Waals surface area (Å²) in [5.74, 6) is -0.00537. The molecule has 4 heteroatoms. The quantitative estimate of drug-likeness (QED) is 0.893. The van der Waals surface area contributed by atoms with Crippen LogP contribution in [0.2, 0.25) is 0 Å². The van der Waals surface area contributed by atoms with E-state index >= 15 is 0 Å². The summed E-state index contributed by atoms with van der Waals surface area (Å²) in [7, 11) is 4.32. The summed E-state index contributed by atoms with van der Waals surface area (Å²) in [6.45, 7) is 0.968. The van der Waals surface area contributed by atoms with E-state index in [0.29, 0.717) is 0 Å².